The quantitative estimate of drug-likeness (QED) is 0.287. The van der Waals surface area contributed by atoms with Crippen LogP contribution < -0.4 is 15.9 Å². The summed E-state index contributed by atoms with van der Waals surface area (Å²) in [6.07, 6.45) is 0.210. The van der Waals surface area contributed by atoms with Gasteiger partial charge in [0.1, 0.15) is 18.2 Å². The highest BCUT2D eigenvalue weighted by molar-refractivity contribution is 7.99. The number of carbonyl (C=O) groups excluding carboxylic acids is 1. The van der Waals surface area contributed by atoms with Crippen LogP contribution in [0.5, 0.6) is 5.75 Å². The first-order valence-electron chi connectivity index (χ1n) is 10.2. The normalized spacial score (nSPS) is 10.7. The summed E-state index contributed by atoms with van der Waals surface area (Å²) in [6, 6.07) is 23.5. The van der Waals surface area contributed by atoms with E-state index in [2.05, 4.69) is 15.5 Å². The van der Waals surface area contributed by atoms with Gasteiger partial charge >= 0.3 is 0 Å². The summed E-state index contributed by atoms with van der Waals surface area (Å²) in [7, 11) is 0. The number of halogens is 1. The molecule has 0 unspecified atom stereocenters. The van der Waals surface area contributed by atoms with Gasteiger partial charge in [0.05, 0.1) is 5.75 Å². The zero-order valence-electron chi connectivity index (χ0n) is 17.6. The Morgan fingerprint density at radius 2 is 1.73 bits per heavy atom. The molecular formula is C24H22FN5O2S. The van der Waals surface area contributed by atoms with Crippen molar-refractivity contribution in [1.82, 2.24) is 14.9 Å². The average Bonchev–Trinajstić information content (AvgIpc) is 3.18. The molecule has 4 rings (SSSR count). The minimum absolute atomic E-state index is 0.0985. The Bertz CT molecular complexity index is 1220. The molecular weight excluding hydrogens is 441 g/mol. The predicted molar refractivity (Wildman–Crippen MR) is 126 cm³/mol. The van der Waals surface area contributed by atoms with Gasteiger partial charge in [-0.15, -0.1) is 10.2 Å². The van der Waals surface area contributed by atoms with E-state index < -0.39 is 0 Å². The van der Waals surface area contributed by atoms with E-state index in [-0.39, 0.29) is 23.9 Å². The molecule has 33 heavy (non-hydrogen) atoms. The predicted octanol–water partition coefficient (Wildman–Crippen LogP) is 4.03. The van der Waals surface area contributed by atoms with Crippen LogP contribution in [-0.4, -0.2) is 26.5 Å². The van der Waals surface area contributed by atoms with Crippen molar-refractivity contribution in [2.75, 3.05) is 16.9 Å². The summed E-state index contributed by atoms with van der Waals surface area (Å²) in [5.41, 5.74) is 2.21. The third-order valence-electron chi connectivity index (χ3n) is 4.76. The first-order chi connectivity index (χ1) is 16.1. The van der Waals surface area contributed by atoms with Crippen molar-refractivity contribution in [2.24, 2.45) is 0 Å². The standard InChI is InChI=1S/C24H22FN5O2S/c25-21-9-5-4-8-18(21)14-22-28-29-24(30(22)26)33-16-23(31)27-19-10-12-20(13-11-19)32-15-17-6-2-1-3-7-17/h1-13H,14-16,26H2,(H,27,31). The first-order valence-corrected chi connectivity index (χ1v) is 11.2. The fraction of sp³-hybridized carbons (Fsp3) is 0.125. The van der Waals surface area contributed by atoms with Gasteiger partial charge in [-0.2, -0.15) is 0 Å². The van der Waals surface area contributed by atoms with Gasteiger partial charge in [-0.3, -0.25) is 4.79 Å². The summed E-state index contributed by atoms with van der Waals surface area (Å²) in [5, 5.41) is 11.2. The van der Waals surface area contributed by atoms with Crippen LogP contribution in [0.3, 0.4) is 0 Å². The first kappa shape index (κ1) is 22.3. The van der Waals surface area contributed by atoms with Gasteiger partial charge in [-0.1, -0.05) is 60.3 Å². The van der Waals surface area contributed by atoms with Crippen LogP contribution in [0, 0.1) is 5.82 Å². The van der Waals surface area contributed by atoms with E-state index >= 15 is 0 Å². The van der Waals surface area contributed by atoms with E-state index in [1.165, 1.54) is 10.7 Å². The number of carbonyl (C=O) groups is 1. The van der Waals surface area contributed by atoms with Gasteiger partial charge < -0.3 is 15.9 Å². The molecule has 0 saturated carbocycles. The Kier molecular flexibility index (Phi) is 7.21. The van der Waals surface area contributed by atoms with Crippen LogP contribution in [-0.2, 0) is 17.8 Å². The molecule has 9 heteroatoms. The number of hydrogen-bond acceptors (Lipinski definition) is 6. The lowest BCUT2D eigenvalue weighted by atomic mass is 10.1. The molecule has 0 radical (unpaired) electrons. The Balaban J connectivity index is 1.26. The molecule has 0 fully saturated rings. The second-order valence-corrected chi connectivity index (χ2v) is 8.11. The minimum atomic E-state index is -0.328. The van der Waals surface area contributed by atoms with Gasteiger partial charge in [0.2, 0.25) is 11.1 Å². The van der Waals surface area contributed by atoms with Crippen LogP contribution in [0.4, 0.5) is 10.1 Å². The number of thioether (sulfide) groups is 1. The monoisotopic (exact) mass is 463 g/mol. The number of nitrogens with two attached hydrogens (primary N) is 1. The Labute approximate surface area is 194 Å². The maximum absolute atomic E-state index is 13.9. The number of nitrogens with zero attached hydrogens (tertiary/aromatic N) is 3. The smallest absolute Gasteiger partial charge is 0.234 e. The van der Waals surface area contributed by atoms with Gasteiger partial charge in [0.25, 0.3) is 0 Å². The number of nitrogen functional groups attached to an aromatic ring is 1. The summed E-state index contributed by atoms with van der Waals surface area (Å²) < 4.78 is 20.9. The molecule has 4 aromatic rings. The molecule has 3 N–H and O–H groups in total. The molecule has 1 aromatic heterocycles. The number of benzene rings is 3. The molecule has 7 nitrogen and oxygen atoms in total. The van der Waals surface area contributed by atoms with Crippen LogP contribution in [0.15, 0.2) is 84.0 Å². The summed E-state index contributed by atoms with van der Waals surface area (Å²) in [6.45, 7) is 0.474. The lowest BCUT2D eigenvalue weighted by Gasteiger charge is -2.08. The minimum Gasteiger partial charge on any atom is -0.489 e. The van der Waals surface area contributed by atoms with Crippen molar-refractivity contribution < 1.29 is 13.9 Å². The largest absolute Gasteiger partial charge is 0.489 e. The number of aromatic nitrogens is 3. The van der Waals surface area contributed by atoms with Crippen molar-refractivity contribution in [3.05, 3.63) is 102 Å². The lowest BCUT2D eigenvalue weighted by molar-refractivity contribution is -0.113. The van der Waals surface area contributed by atoms with Crippen LogP contribution in [0.2, 0.25) is 0 Å². The van der Waals surface area contributed by atoms with Crippen molar-refractivity contribution in [3.8, 4) is 5.75 Å². The second-order valence-electron chi connectivity index (χ2n) is 7.17. The maximum atomic E-state index is 13.9. The molecule has 0 atom stereocenters. The highest BCUT2D eigenvalue weighted by Crippen LogP contribution is 2.20. The fourth-order valence-corrected chi connectivity index (χ4v) is 3.72. The third kappa shape index (κ3) is 6.11. The van der Waals surface area contributed by atoms with Crippen LogP contribution in [0.1, 0.15) is 17.0 Å². The van der Waals surface area contributed by atoms with Gasteiger partial charge in [0.15, 0.2) is 5.82 Å². The number of hydrogen-bond donors (Lipinski definition) is 2. The topological polar surface area (TPSA) is 95.1 Å². The summed E-state index contributed by atoms with van der Waals surface area (Å²) in [4.78, 5) is 12.3. The van der Waals surface area contributed by atoms with E-state index in [0.717, 1.165) is 17.3 Å². The average molecular weight is 464 g/mol. The highest BCUT2D eigenvalue weighted by atomic mass is 32.2. The van der Waals surface area contributed by atoms with E-state index in [9.17, 15) is 9.18 Å². The molecule has 0 spiro atoms. The fourth-order valence-electron chi connectivity index (χ4n) is 3.04. The molecule has 0 aliphatic heterocycles. The molecule has 1 heterocycles. The van der Waals surface area contributed by atoms with Crippen LogP contribution in [0.25, 0.3) is 0 Å². The number of ether oxygens (including phenoxy) is 1. The van der Waals surface area contributed by atoms with Crippen LogP contribution >= 0.6 is 11.8 Å². The van der Waals surface area contributed by atoms with E-state index in [4.69, 9.17) is 10.6 Å². The Morgan fingerprint density at radius 1 is 1.00 bits per heavy atom. The molecule has 168 valence electrons. The van der Waals surface area contributed by atoms with Crippen molar-refractivity contribution in [3.63, 3.8) is 0 Å². The molecule has 0 aliphatic rings. The molecule has 1 amide bonds. The van der Waals surface area contributed by atoms with Gasteiger partial charge in [0, 0.05) is 12.1 Å². The number of nitrogens with one attached hydrogen (secondary N) is 1. The van der Waals surface area contributed by atoms with E-state index in [1.54, 1.807) is 42.5 Å². The second kappa shape index (κ2) is 10.6. The van der Waals surface area contributed by atoms with Gasteiger partial charge in [-0.05, 0) is 41.5 Å². The molecule has 0 bridgehead atoms. The maximum Gasteiger partial charge on any atom is 0.234 e. The van der Waals surface area contributed by atoms with E-state index in [1.807, 2.05) is 30.3 Å². The third-order valence-corrected chi connectivity index (χ3v) is 5.70. The summed E-state index contributed by atoms with van der Waals surface area (Å²) >= 11 is 1.15. The zero-order valence-corrected chi connectivity index (χ0v) is 18.5. The number of anilines is 1. The Hall–Kier alpha value is -3.85. The Morgan fingerprint density at radius 3 is 2.48 bits per heavy atom. The van der Waals surface area contributed by atoms with Crippen molar-refractivity contribution >= 4 is 23.4 Å². The lowest BCUT2D eigenvalue weighted by Crippen LogP contribution is -2.17. The highest BCUT2D eigenvalue weighted by Gasteiger charge is 2.14. The van der Waals surface area contributed by atoms with Crippen molar-refractivity contribution in [1.29, 1.82) is 0 Å². The molecule has 3 aromatic carbocycles. The zero-order chi connectivity index (χ0) is 23.0. The summed E-state index contributed by atoms with van der Waals surface area (Å²) in [5.74, 6) is 6.71. The number of rotatable bonds is 9. The van der Waals surface area contributed by atoms with Gasteiger partial charge in [-0.25, -0.2) is 9.07 Å². The SMILES string of the molecule is Nn1c(Cc2ccccc2F)nnc1SCC(=O)Nc1ccc(OCc2ccccc2)cc1. The van der Waals surface area contributed by atoms with Crippen molar-refractivity contribution in [2.45, 2.75) is 18.2 Å². The molecule has 0 saturated heterocycles. The van der Waals surface area contributed by atoms with E-state index in [0.29, 0.717) is 34.6 Å². The molecule has 0 aliphatic carbocycles. The number of amides is 1.